The van der Waals surface area contributed by atoms with E-state index in [9.17, 15) is 4.79 Å². The van der Waals surface area contributed by atoms with Gasteiger partial charge in [-0.05, 0) is 12.8 Å². The number of piperidine rings is 1. The molecule has 0 unspecified atom stereocenters. The van der Waals surface area contributed by atoms with Crippen molar-refractivity contribution in [3.63, 3.8) is 0 Å². The Kier molecular flexibility index (Phi) is 3.23. The number of nitrogens with two attached hydrogens (primary N) is 2. The Morgan fingerprint density at radius 2 is 2.11 bits per heavy atom. The summed E-state index contributed by atoms with van der Waals surface area (Å²) >= 11 is 0. The lowest BCUT2D eigenvalue weighted by atomic mass is 9.89. The molecule has 19 heavy (non-hydrogen) atoms. The first kappa shape index (κ1) is 13.0. The van der Waals surface area contributed by atoms with Crippen LogP contribution in [0, 0.1) is 11.3 Å². The van der Waals surface area contributed by atoms with E-state index in [2.05, 4.69) is 9.97 Å². The molecule has 0 radical (unpaired) electrons. The molecule has 8 heteroatoms. The predicted octanol–water partition coefficient (Wildman–Crippen LogP) is -0.687. The van der Waals surface area contributed by atoms with Crippen molar-refractivity contribution in [1.29, 1.82) is 5.26 Å². The Labute approximate surface area is 109 Å². The summed E-state index contributed by atoms with van der Waals surface area (Å²) in [7, 11) is 0. The van der Waals surface area contributed by atoms with Gasteiger partial charge in [-0.1, -0.05) is 0 Å². The molecular formula is C11H14N6O2. The molecule has 1 saturated heterocycles. The Balaban J connectivity index is 2.22. The van der Waals surface area contributed by atoms with Crippen LogP contribution in [0.3, 0.4) is 0 Å². The molecule has 1 aromatic heterocycles. The van der Waals surface area contributed by atoms with E-state index in [1.807, 2.05) is 11.0 Å². The molecule has 0 aromatic carbocycles. The number of nitrogens with zero attached hydrogens (tertiary/aromatic N) is 4. The van der Waals surface area contributed by atoms with E-state index in [-0.39, 0.29) is 24.2 Å². The topological polar surface area (TPSA) is 142 Å². The lowest BCUT2D eigenvalue weighted by molar-refractivity contribution is -0.144. The van der Waals surface area contributed by atoms with Gasteiger partial charge in [-0.15, -0.1) is 0 Å². The number of nitriles is 1. The second-order valence-corrected chi connectivity index (χ2v) is 4.52. The molecule has 0 saturated carbocycles. The molecule has 0 aliphatic carbocycles. The molecule has 1 fully saturated rings. The number of carboxylic acids is 1. The van der Waals surface area contributed by atoms with Crippen molar-refractivity contribution < 1.29 is 9.90 Å². The molecular weight excluding hydrogens is 248 g/mol. The standard InChI is InChI=1S/C11H14N6O2/c12-5-7-8(13)15-6-16-9(7)17-3-1-11(14,2-4-17)10(18)19/h6H,1-4,14H2,(H,18,19)(H2,13,15,16). The van der Waals surface area contributed by atoms with E-state index < -0.39 is 11.5 Å². The monoisotopic (exact) mass is 262 g/mol. The van der Waals surface area contributed by atoms with E-state index in [1.165, 1.54) is 6.33 Å². The third kappa shape index (κ3) is 2.28. The van der Waals surface area contributed by atoms with E-state index in [1.54, 1.807) is 0 Å². The zero-order valence-corrected chi connectivity index (χ0v) is 10.2. The van der Waals surface area contributed by atoms with Gasteiger partial charge in [-0.2, -0.15) is 5.26 Å². The molecule has 0 amide bonds. The smallest absolute Gasteiger partial charge is 0.323 e. The van der Waals surface area contributed by atoms with Gasteiger partial charge < -0.3 is 21.5 Å². The minimum atomic E-state index is -1.21. The molecule has 2 rings (SSSR count). The van der Waals surface area contributed by atoms with Gasteiger partial charge in [0.1, 0.15) is 29.3 Å². The number of hydrogen-bond acceptors (Lipinski definition) is 7. The van der Waals surface area contributed by atoms with Crippen molar-refractivity contribution in [2.24, 2.45) is 5.73 Å². The SMILES string of the molecule is N#Cc1c(N)ncnc1N1CCC(N)(C(=O)O)CC1. The summed E-state index contributed by atoms with van der Waals surface area (Å²) in [5.41, 5.74) is 10.4. The second-order valence-electron chi connectivity index (χ2n) is 4.52. The lowest BCUT2D eigenvalue weighted by Gasteiger charge is -2.37. The number of aliphatic carboxylic acids is 1. The van der Waals surface area contributed by atoms with Crippen molar-refractivity contribution in [3.05, 3.63) is 11.9 Å². The number of carboxylic acid groups (broad SMARTS) is 1. The van der Waals surface area contributed by atoms with Crippen LogP contribution in [0.4, 0.5) is 11.6 Å². The number of nitrogen functional groups attached to an aromatic ring is 1. The fourth-order valence-corrected chi connectivity index (χ4v) is 2.07. The first-order valence-corrected chi connectivity index (χ1v) is 5.76. The quantitative estimate of drug-likeness (QED) is 0.635. The van der Waals surface area contributed by atoms with Gasteiger partial charge in [0.05, 0.1) is 0 Å². The average molecular weight is 262 g/mol. The fourth-order valence-electron chi connectivity index (χ4n) is 2.07. The maximum atomic E-state index is 11.1. The molecule has 1 aliphatic rings. The summed E-state index contributed by atoms with van der Waals surface area (Å²) in [5.74, 6) is -0.451. The van der Waals surface area contributed by atoms with Gasteiger partial charge in [-0.3, -0.25) is 4.79 Å². The van der Waals surface area contributed by atoms with Gasteiger partial charge in [0.2, 0.25) is 0 Å². The van der Waals surface area contributed by atoms with Crippen LogP contribution in [0.2, 0.25) is 0 Å². The van der Waals surface area contributed by atoms with Gasteiger partial charge in [-0.25, -0.2) is 9.97 Å². The highest BCUT2D eigenvalue weighted by atomic mass is 16.4. The maximum Gasteiger partial charge on any atom is 0.323 e. The number of carbonyl (C=O) groups is 1. The zero-order chi connectivity index (χ0) is 14.0. The summed E-state index contributed by atoms with van der Waals surface area (Å²) in [6.07, 6.45) is 1.86. The third-order valence-corrected chi connectivity index (χ3v) is 3.35. The summed E-state index contributed by atoms with van der Waals surface area (Å²) < 4.78 is 0. The molecule has 0 spiro atoms. The summed E-state index contributed by atoms with van der Waals surface area (Å²) in [6, 6.07) is 1.97. The first-order chi connectivity index (χ1) is 8.98. The Morgan fingerprint density at radius 3 is 2.63 bits per heavy atom. The number of hydrogen-bond donors (Lipinski definition) is 3. The third-order valence-electron chi connectivity index (χ3n) is 3.35. The largest absolute Gasteiger partial charge is 0.480 e. The predicted molar refractivity (Wildman–Crippen MR) is 67.2 cm³/mol. The highest BCUT2D eigenvalue weighted by Gasteiger charge is 2.38. The van der Waals surface area contributed by atoms with Crippen molar-refractivity contribution >= 4 is 17.6 Å². The molecule has 2 heterocycles. The van der Waals surface area contributed by atoms with Crippen LogP contribution in [0.25, 0.3) is 0 Å². The molecule has 100 valence electrons. The zero-order valence-electron chi connectivity index (χ0n) is 10.2. The van der Waals surface area contributed by atoms with Gasteiger partial charge in [0, 0.05) is 13.1 Å². The van der Waals surface area contributed by atoms with Crippen LogP contribution in [-0.4, -0.2) is 39.7 Å². The minimum absolute atomic E-state index is 0.121. The van der Waals surface area contributed by atoms with E-state index in [0.29, 0.717) is 18.9 Å². The molecule has 1 aromatic rings. The summed E-state index contributed by atoms with van der Waals surface area (Å²) in [4.78, 5) is 20.7. The van der Waals surface area contributed by atoms with Crippen molar-refractivity contribution in [1.82, 2.24) is 9.97 Å². The second kappa shape index (κ2) is 4.70. The number of rotatable bonds is 2. The highest BCUT2D eigenvalue weighted by Crippen LogP contribution is 2.27. The fraction of sp³-hybridized carbons (Fsp3) is 0.455. The Bertz CT molecular complexity index is 545. The van der Waals surface area contributed by atoms with Crippen molar-refractivity contribution in [3.8, 4) is 6.07 Å². The minimum Gasteiger partial charge on any atom is -0.480 e. The first-order valence-electron chi connectivity index (χ1n) is 5.76. The van der Waals surface area contributed by atoms with Crippen LogP contribution in [-0.2, 0) is 4.79 Å². The summed E-state index contributed by atoms with van der Waals surface area (Å²) in [5, 5.41) is 18.1. The van der Waals surface area contributed by atoms with Crippen molar-refractivity contribution in [2.75, 3.05) is 23.7 Å². The lowest BCUT2D eigenvalue weighted by Crippen LogP contribution is -2.56. The Hall–Kier alpha value is -2.40. The van der Waals surface area contributed by atoms with Crippen LogP contribution >= 0.6 is 0 Å². The number of aromatic nitrogens is 2. The molecule has 0 atom stereocenters. The van der Waals surface area contributed by atoms with Gasteiger partial charge in [0.25, 0.3) is 0 Å². The maximum absolute atomic E-state index is 11.1. The summed E-state index contributed by atoms with van der Waals surface area (Å²) in [6.45, 7) is 0.821. The van der Waals surface area contributed by atoms with E-state index >= 15 is 0 Å². The van der Waals surface area contributed by atoms with Crippen LogP contribution in [0.5, 0.6) is 0 Å². The number of anilines is 2. The van der Waals surface area contributed by atoms with E-state index in [4.69, 9.17) is 21.8 Å². The highest BCUT2D eigenvalue weighted by molar-refractivity contribution is 5.79. The normalized spacial score (nSPS) is 17.8. The Morgan fingerprint density at radius 1 is 1.47 bits per heavy atom. The molecule has 1 aliphatic heterocycles. The van der Waals surface area contributed by atoms with Crippen LogP contribution in [0.1, 0.15) is 18.4 Å². The van der Waals surface area contributed by atoms with Crippen LogP contribution in [0.15, 0.2) is 6.33 Å². The van der Waals surface area contributed by atoms with Crippen molar-refractivity contribution in [2.45, 2.75) is 18.4 Å². The average Bonchev–Trinajstić information content (AvgIpc) is 2.39. The molecule has 8 nitrogen and oxygen atoms in total. The van der Waals surface area contributed by atoms with Crippen LogP contribution < -0.4 is 16.4 Å². The molecule has 5 N–H and O–H groups in total. The van der Waals surface area contributed by atoms with Gasteiger partial charge >= 0.3 is 5.97 Å². The van der Waals surface area contributed by atoms with E-state index in [0.717, 1.165) is 0 Å². The van der Waals surface area contributed by atoms with Gasteiger partial charge in [0.15, 0.2) is 5.82 Å². The molecule has 0 bridgehead atoms.